The summed E-state index contributed by atoms with van der Waals surface area (Å²) in [7, 11) is 1.61. The Balaban J connectivity index is 2.98. The zero-order valence-corrected chi connectivity index (χ0v) is 13.3. The molecule has 0 aliphatic heterocycles. The third-order valence-corrected chi connectivity index (χ3v) is 3.29. The minimum atomic E-state index is -0.239. The lowest BCUT2D eigenvalue weighted by Crippen LogP contribution is -2.07. The van der Waals surface area contributed by atoms with Crippen molar-refractivity contribution in [2.24, 2.45) is 4.99 Å². The molecule has 120 valence electrons. The molecule has 0 aliphatic rings. The zero-order valence-electron chi connectivity index (χ0n) is 13.3. The number of hydrogen-bond donors (Lipinski definition) is 2. The number of aliphatic hydroxyl groups excluding tert-OH is 2. The van der Waals surface area contributed by atoms with Crippen LogP contribution in [-0.2, 0) is 11.3 Å². The molecule has 0 aliphatic carbocycles. The Labute approximate surface area is 131 Å². The third-order valence-electron chi connectivity index (χ3n) is 3.29. The van der Waals surface area contributed by atoms with E-state index in [2.05, 4.69) is 11.7 Å². The lowest BCUT2D eigenvalue weighted by Gasteiger charge is -2.16. The molecular formula is C17H23NO4. The SMILES string of the molecule is C=N/C(C)=C(OCc1ccc(OC)cc1)\C(CO)=C(/C)CO. The van der Waals surface area contributed by atoms with Gasteiger partial charge in [-0.3, -0.25) is 4.99 Å². The first kappa shape index (κ1) is 17.9. The van der Waals surface area contributed by atoms with Crippen LogP contribution in [0.25, 0.3) is 0 Å². The molecule has 0 atom stereocenters. The predicted octanol–water partition coefficient (Wildman–Crippen LogP) is 2.45. The molecule has 5 nitrogen and oxygen atoms in total. The minimum absolute atomic E-state index is 0.157. The second-order valence-corrected chi connectivity index (χ2v) is 4.78. The summed E-state index contributed by atoms with van der Waals surface area (Å²) in [5, 5.41) is 18.8. The summed E-state index contributed by atoms with van der Waals surface area (Å²) in [6.45, 7) is 6.89. The molecule has 0 spiro atoms. The average molecular weight is 305 g/mol. The molecule has 1 aromatic rings. The standard InChI is InChI=1S/C17H23NO4/c1-12(9-19)16(10-20)17(13(2)18-3)22-11-14-5-7-15(21-4)8-6-14/h5-8,19-20H,3,9-11H2,1-2,4H3/b16-12+,17-13+. The molecule has 0 aromatic heterocycles. The fourth-order valence-electron chi connectivity index (χ4n) is 1.85. The largest absolute Gasteiger partial charge is 0.497 e. The van der Waals surface area contributed by atoms with E-state index in [-0.39, 0.29) is 13.2 Å². The molecule has 0 bridgehead atoms. The lowest BCUT2D eigenvalue weighted by atomic mass is 10.1. The van der Waals surface area contributed by atoms with E-state index in [1.807, 2.05) is 24.3 Å². The Morgan fingerprint density at radius 3 is 2.23 bits per heavy atom. The average Bonchev–Trinajstić information content (AvgIpc) is 2.57. The summed E-state index contributed by atoms with van der Waals surface area (Å²) in [6.07, 6.45) is 0. The van der Waals surface area contributed by atoms with Gasteiger partial charge < -0.3 is 19.7 Å². The number of rotatable bonds is 8. The Morgan fingerprint density at radius 2 is 1.77 bits per heavy atom. The number of aliphatic hydroxyl groups is 2. The Bertz CT molecular complexity index is 559. The molecule has 0 saturated carbocycles. The summed E-state index contributed by atoms with van der Waals surface area (Å²) >= 11 is 0. The highest BCUT2D eigenvalue weighted by Gasteiger charge is 2.13. The van der Waals surface area contributed by atoms with Crippen molar-refractivity contribution in [1.29, 1.82) is 0 Å². The molecule has 22 heavy (non-hydrogen) atoms. The van der Waals surface area contributed by atoms with Gasteiger partial charge in [-0.2, -0.15) is 0 Å². The van der Waals surface area contributed by atoms with Crippen molar-refractivity contribution in [1.82, 2.24) is 0 Å². The maximum Gasteiger partial charge on any atom is 0.146 e. The van der Waals surface area contributed by atoms with Gasteiger partial charge in [-0.05, 0) is 43.8 Å². The maximum atomic E-state index is 9.55. The van der Waals surface area contributed by atoms with Crippen LogP contribution < -0.4 is 4.74 Å². The molecule has 1 rings (SSSR count). The zero-order chi connectivity index (χ0) is 16.5. The van der Waals surface area contributed by atoms with Gasteiger partial charge >= 0.3 is 0 Å². The van der Waals surface area contributed by atoms with Crippen molar-refractivity contribution in [3.63, 3.8) is 0 Å². The van der Waals surface area contributed by atoms with Gasteiger partial charge in [0, 0.05) is 5.57 Å². The minimum Gasteiger partial charge on any atom is -0.497 e. The Kier molecular flexibility index (Phi) is 7.36. The molecule has 0 fully saturated rings. The maximum absolute atomic E-state index is 9.55. The first-order valence-corrected chi connectivity index (χ1v) is 6.91. The number of nitrogens with zero attached hydrogens (tertiary/aromatic N) is 1. The number of benzene rings is 1. The van der Waals surface area contributed by atoms with Gasteiger partial charge in [-0.25, -0.2) is 0 Å². The van der Waals surface area contributed by atoms with Gasteiger partial charge in [-0.15, -0.1) is 0 Å². The third kappa shape index (κ3) is 4.72. The molecule has 0 radical (unpaired) electrons. The highest BCUT2D eigenvalue weighted by molar-refractivity contribution is 5.38. The van der Waals surface area contributed by atoms with Crippen LogP contribution in [0, 0.1) is 0 Å². The second kappa shape index (κ2) is 9.02. The van der Waals surface area contributed by atoms with Crippen molar-refractivity contribution in [2.45, 2.75) is 20.5 Å². The highest BCUT2D eigenvalue weighted by Crippen LogP contribution is 2.22. The summed E-state index contributed by atoms with van der Waals surface area (Å²) in [4.78, 5) is 3.87. The lowest BCUT2D eigenvalue weighted by molar-refractivity contribution is 0.191. The first-order chi connectivity index (χ1) is 10.6. The van der Waals surface area contributed by atoms with Gasteiger partial charge in [0.05, 0.1) is 26.0 Å². The summed E-state index contributed by atoms with van der Waals surface area (Å²) in [5.41, 5.74) is 2.68. The van der Waals surface area contributed by atoms with Crippen molar-refractivity contribution in [2.75, 3.05) is 20.3 Å². The molecule has 0 heterocycles. The Morgan fingerprint density at radius 1 is 1.14 bits per heavy atom. The number of ether oxygens (including phenoxy) is 2. The van der Waals surface area contributed by atoms with Crippen molar-refractivity contribution in [3.8, 4) is 5.75 Å². The van der Waals surface area contributed by atoms with Crippen LogP contribution in [0.2, 0.25) is 0 Å². The van der Waals surface area contributed by atoms with Crippen LogP contribution in [0.15, 0.2) is 51.9 Å². The smallest absolute Gasteiger partial charge is 0.146 e. The van der Waals surface area contributed by atoms with Gasteiger partial charge in [0.2, 0.25) is 0 Å². The van der Waals surface area contributed by atoms with E-state index in [1.54, 1.807) is 21.0 Å². The van der Waals surface area contributed by atoms with E-state index in [0.717, 1.165) is 11.3 Å². The van der Waals surface area contributed by atoms with E-state index in [1.165, 1.54) is 0 Å². The first-order valence-electron chi connectivity index (χ1n) is 6.91. The van der Waals surface area contributed by atoms with Crippen molar-refractivity contribution in [3.05, 3.63) is 52.4 Å². The fourth-order valence-corrected chi connectivity index (χ4v) is 1.85. The number of allylic oxidation sites excluding steroid dienone is 1. The van der Waals surface area contributed by atoms with Gasteiger partial charge in [0.15, 0.2) is 0 Å². The second-order valence-electron chi connectivity index (χ2n) is 4.78. The topological polar surface area (TPSA) is 71.3 Å². The molecule has 0 saturated heterocycles. The molecule has 0 amide bonds. The monoisotopic (exact) mass is 305 g/mol. The van der Waals surface area contributed by atoms with Crippen molar-refractivity contribution >= 4 is 6.72 Å². The molecule has 2 N–H and O–H groups in total. The molecule has 1 aromatic carbocycles. The number of hydrogen-bond acceptors (Lipinski definition) is 5. The number of aliphatic imine (C=N–C) groups is 1. The number of methoxy groups -OCH3 is 1. The molecule has 0 unspecified atom stereocenters. The summed E-state index contributed by atoms with van der Waals surface area (Å²) in [5.74, 6) is 1.22. The normalized spacial score (nSPS) is 13.1. The van der Waals surface area contributed by atoms with E-state index in [9.17, 15) is 10.2 Å². The van der Waals surface area contributed by atoms with Crippen LogP contribution in [0.3, 0.4) is 0 Å². The van der Waals surface area contributed by atoms with Crippen molar-refractivity contribution < 1.29 is 19.7 Å². The van der Waals surface area contributed by atoms with Crippen LogP contribution in [0.4, 0.5) is 0 Å². The van der Waals surface area contributed by atoms with E-state index < -0.39 is 0 Å². The van der Waals surface area contributed by atoms with E-state index in [0.29, 0.717) is 29.2 Å². The van der Waals surface area contributed by atoms with E-state index >= 15 is 0 Å². The van der Waals surface area contributed by atoms with Crippen LogP contribution >= 0.6 is 0 Å². The molecular weight excluding hydrogens is 282 g/mol. The van der Waals surface area contributed by atoms with Crippen LogP contribution in [0.1, 0.15) is 19.4 Å². The highest BCUT2D eigenvalue weighted by atomic mass is 16.5. The predicted molar refractivity (Wildman–Crippen MR) is 86.9 cm³/mol. The van der Waals surface area contributed by atoms with E-state index in [4.69, 9.17) is 9.47 Å². The quantitative estimate of drug-likeness (QED) is 0.440. The van der Waals surface area contributed by atoms with Crippen LogP contribution in [0.5, 0.6) is 5.75 Å². The fraction of sp³-hybridized carbons (Fsp3) is 0.353. The molecule has 5 heteroatoms. The van der Waals surface area contributed by atoms with Gasteiger partial charge in [-0.1, -0.05) is 12.1 Å². The van der Waals surface area contributed by atoms with Crippen LogP contribution in [-0.4, -0.2) is 37.3 Å². The summed E-state index contributed by atoms with van der Waals surface area (Å²) in [6, 6.07) is 7.49. The van der Waals surface area contributed by atoms with Gasteiger partial charge in [0.1, 0.15) is 18.1 Å². The van der Waals surface area contributed by atoms with Gasteiger partial charge in [0.25, 0.3) is 0 Å². The summed E-state index contributed by atoms with van der Waals surface area (Å²) < 4.78 is 10.9. The Hall–Kier alpha value is -2.11.